The van der Waals surface area contributed by atoms with E-state index in [-0.39, 0.29) is 0 Å². The molecule has 15 rings (SSSR count). The zero-order valence-corrected chi connectivity index (χ0v) is 41.5. The van der Waals surface area contributed by atoms with Crippen LogP contribution >= 0.6 is 0 Å². The van der Waals surface area contributed by atoms with Gasteiger partial charge >= 0.3 is 0 Å². The second-order valence-electron chi connectivity index (χ2n) is 20.1. The zero-order chi connectivity index (χ0) is 49.7. The molecule has 3 aromatic heterocycles. The minimum absolute atomic E-state index is 0.330. The second kappa shape index (κ2) is 17.0. The lowest BCUT2D eigenvalue weighted by molar-refractivity contribution is 0.483. The van der Waals surface area contributed by atoms with E-state index in [1.165, 1.54) is 83.0 Å². The van der Waals surface area contributed by atoms with Gasteiger partial charge in [0.1, 0.15) is 24.0 Å². The maximum atomic E-state index is 7.02. The summed E-state index contributed by atoms with van der Waals surface area (Å²) < 4.78 is 11.9. The lowest BCUT2D eigenvalue weighted by Crippen LogP contribution is -2.24. The lowest BCUT2D eigenvalue weighted by atomic mass is 9.91. The van der Waals surface area contributed by atoms with Gasteiger partial charge in [-0.15, -0.1) is 0 Å². The van der Waals surface area contributed by atoms with Gasteiger partial charge in [-0.05, 0) is 100 Å². The highest BCUT2D eigenvalue weighted by Gasteiger charge is 2.32. The van der Waals surface area contributed by atoms with Crippen LogP contribution in [0, 0.1) is 0 Å². The van der Waals surface area contributed by atoms with Gasteiger partial charge < -0.3 is 19.1 Å². The van der Waals surface area contributed by atoms with Crippen LogP contribution < -0.4 is 14.5 Å². The number of hydrogen-bond donors (Lipinski definition) is 0. The highest BCUT2D eigenvalue weighted by atomic mass is 16.5. The number of anilines is 4. The third kappa shape index (κ3) is 6.69. The fourth-order valence-corrected chi connectivity index (χ4v) is 12.2. The molecular formula is C69H49N5O. The molecule has 0 saturated heterocycles. The molecule has 2 aliphatic heterocycles. The summed E-state index contributed by atoms with van der Waals surface area (Å²) in [5.74, 6) is 2.70. The molecule has 75 heavy (non-hydrogen) atoms. The predicted molar refractivity (Wildman–Crippen MR) is 311 cm³/mol. The van der Waals surface area contributed by atoms with Gasteiger partial charge in [-0.25, -0.2) is 4.98 Å². The molecule has 0 aliphatic carbocycles. The van der Waals surface area contributed by atoms with E-state index < -0.39 is 0 Å². The Kier molecular flexibility index (Phi) is 9.73. The molecule has 356 valence electrons. The summed E-state index contributed by atoms with van der Waals surface area (Å²) in [5, 5.41) is 4.82. The summed E-state index contributed by atoms with van der Waals surface area (Å²) in [5.41, 5.74) is 21.0. The van der Waals surface area contributed by atoms with Crippen molar-refractivity contribution in [1.29, 1.82) is 0 Å². The van der Waals surface area contributed by atoms with E-state index in [0.717, 1.165) is 56.5 Å². The van der Waals surface area contributed by atoms with Crippen molar-refractivity contribution in [3.05, 3.63) is 248 Å². The Morgan fingerprint density at radius 3 is 1.85 bits per heavy atom. The smallest absolute Gasteiger partial charge is 0.137 e. The van der Waals surface area contributed by atoms with E-state index in [9.17, 15) is 0 Å². The van der Waals surface area contributed by atoms with Crippen molar-refractivity contribution in [3.63, 3.8) is 0 Å². The van der Waals surface area contributed by atoms with E-state index in [4.69, 9.17) is 9.72 Å². The molecule has 0 amide bonds. The summed E-state index contributed by atoms with van der Waals surface area (Å²) in [4.78, 5) is 9.98. The number of fused-ring (bicyclic) bond motifs is 13. The van der Waals surface area contributed by atoms with Gasteiger partial charge in [0.2, 0.25) is 0 Å². The van der Waals surface area contributed by atoms with Gasteiger partial charge in [0.25, 0.3) is 0 Å². The number of nitrogens with zero attached hydrogens (tertiary/aromatic N) is 5. The van der Waals surface area contributed by atoms with E-state index >= 15 is 0 Å². The molecule has 0 unspecified atom stereocenters. The Morgan fingerprint density at radius 1 is 0.427 bits per heavy atom. The number of benzene rings is 10. The molecular weight excluding hydrogens is 915 g/mol. The summed E-state index contributed by atoms with van der Waals surface area (Å²) in [6.07, 6.45) is 1.95. The minimum Gasteiger partial charge on any atom is -0.457 e. The highest BCUT2D eigenvalue weighted by molar-refractivity contribution is 6.23. The Bertz CT molecular complexity index is 4360. The van der Waals surface area contributed by atoms with Crippen molar-refractivity contribution in [1.82, 2.24) is 14.1 Å². The number of para-hydroxylation sites is 5. The van der Waals surface area contributed by atoms with Crippen LogP contribution in [0.1, 0.15) is 25.3 Å². The molecule has 13 aromatic rings. The summed E-state index contributed by atoms with van der Waals surface area (Å²) in [6.45, 7) is 5.10. The largest absolute Gasteiger partial charge is 0.457 e. The van der Waals surface area contributed by atoms with Gasteiger partial charge in [-0.3, -0.25) is 4.57 Å². The van der Waals surface area contributed by atoms with Gasteiger partial charge in [0.15, 0.2) is 0 Å². The third-order valence-corrected chi connectivity index (χ3v) is 15.6. The van der Waals surface area contributed by atoms with Gasteiger partial charge in [0.05, 0.1) is 44.8 Å². The van der Waals surface area contributed by atoms with E-state index in [0.29, 0.717) is 12.6 Å². The van der Waals surface area contributed by atoms with Crippen LogP contribution in [0.5, 0.6) is 11.5 Å². The average Bonchev–Trinajstić information content (AvgIpc) is 4.24. The number of rotatable bonds is 8. The summed E-state index contributed by atoms with van der Waals surface area (Å²) in [7, 11) is 0. The van der Waals surface area contributed by atoms with Crippen LogP contribution in [0.2, 0.25) is 0 Å². The highest BCUT2D eigenvalue weighted by Crippen LogP contribution is 2.53. The van der Waals surface area contributed by atoms with Crippen LogP contribution in [0.4, 0.5) is 22.7 Å². The number of aromatic nitrogens is 3. The number of pyridine rings is 1. The number of hydrogen-bond acceptors (Lipinski definition) is 4. The van der Waals surface area contributed by atoms with E-state index in [1.54, 1.807) is 0 Å². The Hall–Kier alpha value is -9.65. The molecule has 6 heteroatoms. The van der Waals surface area contributed by atoms with E-state index in [2.05, 4.69) is 269 Å². The first-order chi connectivity index (χ1) is 37.1. The third-order valence-electron chi connectivity index (χ3n) is 15.6. The van der Waals surface area contributed by atoms with Gasteiger partial charge in [0, 0.05) is 67.8 Å². The maximum Gasteiger partial charge on any atom is 0.137 e. The fourth-order valence-electron chi connectivity index (χ4n) is 12.2. The predicted octanol–water partition coefficient (Wildman–Crippen LogP) is 18.4. The van der Waals surface area contributed by atoms with Crippen LogP contribution in [-0.2, 0) is 0 Å². The first kappa shape index (κ1) is 43.0. The van der Waals surface area contributed by atoms with Crippen molar-refractivity contribution in [3.8, 4) is 67.5 Å². The second-order valence-corrected chi connectivity index (χ2v) is 20.1. The van der Waals surface area contributed by atoms with Gasteiger partial charge in [-0.2, -0.15) is 0 Å². The monoisotopic (exact) mass is 963 g/mol. The first-order valence-electron chi connectivity index (χ1n) is 25.9. The quantitative estimate of drug-likeness (QED) is 0.152. The van der Waals surface area contributed by atoms with Crippen LogP contribution in [0.15, 0.2) is 243 Å². The first-order valence-corrected chi connectivity index (χ1v) is 25.9. The van der Waals surface area contributed by atoms with Crippen LogP contribution in [-0.4, -0.2) is 20.8 Å². The molecule has 0 radical (unpaired) electrons. The molecule has 10 aromatic carbocycles. The average molecular weight is 964 g/mol. The topological polar surface area (TPSA) is 38.5 Å². The minimum atomic E-state index is 0.330. The molecule has 5 heterocycles. The normalized spacial score (nSPS) is 12.7. The van der Waals surface area contributed by atoms with Crippen LogP contribution in [0.3, 0.4) is 0 Å². The molecule has 6 nitrogen and oxygen atoms in total. The molecule has 0 spiro atoms. The Labute approximate surface area is 435 Å². The van der Waals surface area contributed by atoms with Crippen molar-refractivity contribution < 1.29 is 4.74 Å². The fraction of sp³-hybridized carbons (Fsp3) is 0.0580. The van der Waals surface area contributed by atoms with Crippen molar-refractivity contribution in [2.75, 3.05) is 16.5 Å². The molecule has 0 fully saturated rings. The molecule has 0 bridgehead atoms. The molecule has 0 saturated carbocycles. The van der Waals surface area contributed by atoms with Crippen LogP contribution in [0.25, 0.3) is 99.6 Å². The standard InChI is InChI=1S/C69H49N5O/c1-44(2)47-38-39-70-65(40-47)73-62-36-37-63-66(55-26-10-9-24-53(55)56-29-17-30-57-54-25-11-12-31-59(54)74(63)69(56)57)67(62)58-35-34-50(42-64(58)73)75-49-23-15-22-48(41-49)71-43-72(61-33-14-13-32-60(61)71)68-51(45-18-5-3-6-19-45)27-16-28-52(68)46-20-7-4-8-21-46/h3-42,44H,43H2,1-2H3. The van der Waals surface area contributed by atoms with Crippen molar-refractivity contribution >= 4 is 66.4 Å². The SMILES string of the molecule is CC(C)c1ccnc(-n2c3cc(Oc4cccc(N5CN(c6c(-c7ccccc7)cccc6-c6ccccc6)c6ccccc65)c4)ccc3c3c4c(ccc32)-n2c3ccccc3c3cccc(c32)-c2ccccc2-4)c1. The van der Waals surface area contributed by atoms with Crippen molar-refractivity contribution in [2.45, 2.75) is 19.8 Å². The Balaban J connectivity index is 0.876. The van der Waals surface area contributed by atoms with Crippen molar-refractivity contribution in [2.24, 2.45) is 0 Å². The maximum absolute atomic E-state index is 7.02. The lowest BCUT2D eigenvalue weighted by Gasteiger charge is -2.27. The summed E-state index contributed by atoms with van der Waals surface area (Å²) >= 11 is 0. The molecule has 0 N–H and O–H groups in total. The zero-order valence-electron chi connectivity index (χ0n) is 41.5. The number of ether oxygens (including phenoxy) is 1. The molecule has 0 atom stereocenters. The van der Waals surface area contributed by atoms with E-state index in [1.807, 2.05) is 6.20 Å². The van der Waals surface area contributed by atoms with Gasteiger partial charge in [-0.1, -0.05) is 172 Å². The molecule has 2 aliphatic rings. The Morgan fingerprint density at radius 2 is 1.07 bits per heavy atom. The summed E-state index contributed by atoms with van der Waals surface area (Å²) in [6, 6.07) is 85.6.